The highest BCUT2D eigenvalue weighted by Crippen LogP contribution is 2.24. The highest BCUT2D eigenvalue weighted by atomic mass is 14.9. The van der Waals surface area contributed by atoms with E-state index in [2.05, 4.69) is 23.5 Å². The van der Waals surface area contributed by atoms with E-state index in [1.807, 2.05) is 43.4 Å². The maximum Gasteiger partial charge on any atom is 0.181 e. The highest BCUT2D eigenvalue weighted by Gasteiger charge is 2.00. The molecule has 0 saturated heterocycles. The Kier molecular flexibility index (Phi) is 2.88. The molecule has 2 aromatic carbocycles. The summed E-state index contributed by atoms with van der Waals surface area (Å²) >= 11 is 0. The smallest absolute Gasteiger partial charge is 0.181 e. The molecule has 0 fully saturated rings. The summed E-state index contributed by atoms with van der Waals surface area (Å²) < 4.78 is 0. The van der Waals surface area contributed by atoms with Crippen LogP contribution in [0.25, 0.3) is 11.1 Å². The molecule has 78 valence electrons. The Morgan fingerprint density at radius 2 is 1.75 bits per heavy atom. The summed E-state index contributed by atoms with van der Waals surface area (Å²) in [7, 11) is 0. The summed E-state index contributed by atoms with van der Waals surface area (Å²) in [4.78, 5) is 0. The second-order valence-electron chi connectivity index (χ2n) is 3.69. The van der Waals surface area contributed by atoms with Crippen molar-refractivity contribution in [3.63, 3.8) is 0 Å². The van der Waals surface area contributed by atoms with Crippen LogP contribution in [-0.4, -0.2) is 0 Å². The summed E-state index contributed by atoms with van der Waals surface area (Å²) in [5.74, 6) is 0. The molecule has 0 heterocycles. The monoisotopic (exact) mass is 208 g/mol. The van der Waals surface area contributed by atoms with Crippen LogP contribution in [0.2, 0.25) is 0 Å². The van der Waals surface area contributed by atoms with E-state index in [-0.39, 0.29) is 0 Å². The number of aryl methyl sites for hydroxylation is 1. The van der Waals surface area contributed by atoms with Crippen LogP contribution in [0.1, 0.15) is 5.56 Å². The van der Waals surface area contributed by atoms with E-state index in [9.17, 15) is 0 Å². The molecule has 0 radical (unpaired) electrons. The first-order chi connectivity index (χ1) is 7.79. The van der Waals surface area contributed by atoms with Crippen LogP contribution in [-0.2, 0) is 0 Å². The lowest BCUT2D eigenvalue weighted by atomic mass is 10.0. The van der Waals surface area contributed by atoms with Crippen molar-refractivity contribution in [3.05, 3.63) is 54.1 Å². The molecule has 0 aliphatic rings. The molecule has 0 saturated carbocycles. The quantitative estimate of drug-likeness (QED) is 0.605. The second-order valence-corrected chi connectivity index (χ2v) is 3.69. The molecule has 2 heteroatoms. The molecule has 0 aliphatic heterocycles. The predicted octanol–water partition coefficient (Wildman–Crippen LogP) is 3.56. The van der Waals surface area contributed by atoms with Gasteiger partial charge in [0.25, 0.3) is 0 Å². The van der Waals surface area contributed by atoms with E-state index in [1.54, 1.807) is 0 Å². The maximum absolute atomic E-state index is 8.61. The minimum Gasteiger partial charge on any atom is -0.293 e. The van der Waals surface area contributed by atoms with Crippen molar-refractivity contribution in [2.24, 2.45) is 0 Å². The normalized spacial score (nSPS) is 9.50. The molecule has 16 heavy (non-hydrogen) atoms. The Balaban J connectivity index is 2.46. The first kappa shape index (κ1) is 10.3. The zero-order valence-electron chi connectivity index (χ0n) is 9.07. The average molecular weight is 208 g/mol. The number of nitrogens with zero attached hydrogens (tertiary/aromatic N) is 1. The number of rotatable bonds is 2. The van der Waals surface area contributed by atoms with Gasteiger partial charge in [-0.3, -0.25) is 5.32 Å². The van der Waals surface area contributed by atoms with Gasteiger partial charge in [0, 0.05) is 5.69 Å². The summed E-state index contributed by atoms with van der Waals surface area (Å²) in [6.07, 6.45) is 1.94. The number of hydrogen-bond acceptors (Lipinski definition) is 2. The van der Waals surface area contributed by atoms with Gasteiger partial charge in [-0.2, -0.15) is 5.26 Å². The van der Waals surface area contributed by atoms with E-state index in [0.29, 0.717) is 0 Å². The molecule has 2 aromatic rings. The van der Waals surface area contributed by atoms with Crippen LogP contribution in [0.4, 0.5) is 5.69 Å². The first-order valence-corrected chi connectivity index (χ1v) is 5.12. The van der Waals surface area contributed by atoms with E-state index in [0.717, 1.165) is 22.4 Å². The summed E-state index contributed by atoms with van der Waals surface area (Å²) in [5.41, 5.74) is 4.26. The molecule has 2 rings (SSSR count). The van der Waals surface area contributed by atoms with Crippen LogP contribution in [0.3, 0.4) is 0 Å². The van der Waals surface area contributed by atoms with Gasteiger partial charge in [0.15, 0.2) is 6.19 Å². The standard InChI is InChI=1S/C14H12N2/c1-11-7-13(9-14(8-11)16-10-15)12-5-3-2-4-6-12/h2-9,16H,1H3. The fraction of sp³-hybridized carbons (Fsp3) is 0.0714. The van der Waals surface area contributed by atoms with E-state index >= 15 is 0 Å². The van der Waals surface area contributed by atoms with Crippen molar-refractivity contribution >= 4 is 5.69 Å². The van der Waals surface area contributed by atoms with E-state index in [4.69, 9.17) is 5.26 Å². The Hall–Kier alpha value is -2.27. The lowest BCUT2D eigenvalue weighted by molar-refractivity contribution is 1.43. The number of benzene rings is 2. The summed E-state index contributed by atoms with van der Waals surface area (Å²) in [6, 6.07) is 16.2. The summed E-state index contributed by atoms with van der Waals surface area (Å²) in [5, 5.41) is 11.3. The van der Waals surface area contributed by atoms with Crippen LogP contribution < -0.4 is 5.32 Å². The van der Waals surface area contributed by atoms with Gasteiger partial charge in [0.1, 0.15) is 0 Å². The Morgan fingerprint density at radius 1 is 1.00 bits per heavy atom. The van der Waals surface area contributed by atoms with Crippen molar-refractivity contribution in [1.82, 2.24) is 0 Å². The molecule has 1 N–H and O–H groups in total. The molecule has 0 amide bonds. The molecular weight excluding hydrogens is 196 g/mol. The predicted molar refractivity (Wildman–Crippen MR) is 65.9 cm³/mol. The van der Waals surface area contributed by atoms with Crippen molar-refractivity contribution in [2.75, 3.05) is 5.32 Å². The minimum absolute atomic E-state index is 0.835. The third kappa shape index (κ3) is 2.21. The Labute approximate surface area is 95.2 Å². The minimum atomic E-state index is 0.835. The van der Waals surface area contributed by atoms with E-state index in [1.165, 1.54) is 0 Å². The van der Waals surface area contributed by atoms with Gasteiger partial charge < -0.3 is 0 Å². The molecule has 0 atom stereocenters. The van der Waals surface area contributed by atoms with Gasteiger partial charge >= 0.3 is 0 Å². The average Bonchev–Trinajstić information content (AvgIpc) is 2.30. The Morgan fingerprint density at radius 3 is 2.44 bits per heavy atom. The molecule has 0 aliphatic carbocycles. The number of nitriles is 1. The van der Waals surface area contributed by atoms with Crippen LogP contribution in [0.5, 0.6) is 0 Å². The van der Waals surface area contributed by atoms with Gasteiger partial charge in [-0.25, -0.2) is 0 Å². The second kappa shape index (κ2) is 4.50. The first-order valence-electron chi connectivity index (χ1n) is 5.12. The molecule has 0 unspecified atom stereocenters. The van der Waals surface area contributed by atoms with Gasteiger partial charge in [-0.15, -0.1) is 0 Å². The van der Waals surface area contributed by atoms with Gasteiger partial charge in [0.2, 0.25) is 0 Å². The van der Waals surface area contributed by atoms with Crippen molar-refractivity contribution in [2.45, 2.75) is 6.92 Å². The zero-order chi connectivity index (χ0) is 11.4. The number of anilines is 1. The van der Waals surface area contributed by atoms with Crippen molar-refractivity contribution in [3.8, 4) is 17.3 Å². The molecule has 2 nitrogen and oxygen atoms in total. The molecular formula is C14H12N2. The van der Waals surface area contributed by atoms with Crippen molar-refractivity contribution < 1.29 is 0 Å². The number of hydrogen-bond donors (Lipinski definition) is 1. The largest absolute Gasteiger partial charge is 0.293 e. The molecule has 0 aromatic heterocycles. The zero-order valence-corrected chi connectivity index (χ0v) is 9.07. The number of nitrogens with one attached hydrogen (secondary N) is 1. The van der Waals surface area contributed by atoms with Crippen molar-refractivity contribution in [1.29, 1.82) is 5.26 Å². The van der Waals surface area contributed by atoms with Gasteiger partial charge in [0.05, 0.1) is 0 Å². The lowest BCUT2D eigenvalue weighted by Gasteiger charge is -2.06. The SMILES string of the molecule is Cc1cc(NC#N)cc(-c2ccccc2)c1. The maximum atomic E-state index is 8.61. The van der Waals surface area contributed by atoms with Crippen LogP contribution in [0.15, 0.2) is 48.5 Å². The third-order valence-corrected chi connectivity index (χ3v) is 2.38. The lowest BCUT2D eigenvalue weighted by Crippen LogP contribution is -1.89. The highest BCUT2D eigenvalue weighted by molar-refractivity contribution is 5.69. The fourth-order valence-corrected chi connectivity index (χ4v) is 1.72. The molecule has 0 spiro atoms. The summed E-state index contributed by atoms with van der Waals surface area (Å²) in [6.45, 7) is 2.02. The van der Waals surface area contributed by atoms with Crippen LogP contribution >= 0.6 is 0 Å². The van der Waals surface area contributed by atoms with Crippen LogP contribution in [0, 0.1) is 18.4 Å². The van der Waals surface area contributed by atoms with E-state index < -0.39 is 0 Å². The van der Waals surface area contributed by atoms with Gasteiger partial charge in [-0.05, 0) is 35.7 Å². The van der Waals surface area contributed by atoms with Gasteiger partial charge in [-0.1, -0.05) is 36.4 Å². The third-order valence-electron chi connectivity index (χ3n) is 2.38. The molecule has 0 bridgehead atoms. The topological polar surface area (TPSA) is 35.8 Å². The fourth-order valence-electron chi connectivity index (χ4n) is 1.72. The Bertz CT molecular complexity index is 524.